The lowest BCUT2D eigenvalue weighted by atomic mass is 10.2. The van der Waals surface area contributed by atoms with Crippen molar-refractivity contribution >= 4 is 23.6 Å². The second-order valence-electron chi connectivity index (χ2n) is 3.05. The molecule has 16 heavy (non-hydrogen) atoms. The number of carboxylic acids is 1. The molecule has 0 aromatic carbocycles. The molecule has 9 heteroatoms. The molecule has 1 N–H and O–H groups in total. The molecule has 1 aliphatic heterocycles. The van der Waals surface area contributed by atoms with Crippen LogP contribution in [0.1, 0.15) is 0 Å². The zero-order valence-electron chi connectivity index (χ0n) is 7.70. The van der Waals surface area contributed by atoms with E-state index in [1.165, 1.54) is 0 Å². The predicted octanol–water partition coefficient (Wildman–Crippen LogP) is 0.873. The van der Waals surface area contributed by atoms with Gasteiger partial charge in [-0.05, 0) is 0 Å². The maximum atomic E-state index is 12.7. The Morgan fingerprint density at radius 3 is 2.44 bits per heavy atom. The average Bonchev–Trinajstić information content (AvgIpc) is 2.64. The molecule has 0 bridgehead atoms. The maximum absolute atomic E-state index is 12.7. The van der Waals surface area contributed by atoms with E-state index >= 15 is 0 Å². The van der Waals surface area contributed by atoms with Crippen molar-refractivity contribution in [3.8, 4) is 0 Å². The number of carbonyl (C=O) groups excluding carboxylic acids is 1. The van der Waals surface area contributed by atoms with Gasteiger partial charge in [0, 0.05) is 5.75 Å². The lowest BCUT2D eigenvalue weighted by Gasteiger charge is -2.24. The SMILES string of the molecule is O=C(O)C1CSCN1C(=O)C(F)(F)C(F)F. The Kier molecular flexibility index (Phi) is 3.66. The van der Waals surface area contributed by atoms with Crippen LogP contribution in [0.15, 0.2) is 0 Å². The molecule has 1 saturated heterocycles. The van der Waals surface area contributed by atoms with Gasteiger partial charge in [-0.15, -0.1) is 11.8 Å². The summed E-state index contributed by atoms with van der Waals surface area (Å²) in [5.41, 5.74) is 0. The molecule has 0 aromatic rings. The van der Waals surface area contributed by atoms with Crippen molar-refractivity contribution < 1.29 is 32.3 Å². The fraction of sp³-hybridized carbons (Fsp3) is 0.714. The number of halogens is 4. The van der Waals surface area contributed by atoms with Crippen LogP contribution in [-0.2, 0) is 9.59 Å². The van der Waals surface area contributed by atoms with Gasteiger partial charge in [0.1, 0.15) is 6.04 Å². The zero-order chi connectivity index (χ0) is 12.5. The number of alkyl halides is 4. The molecule has 1 unspecified atom stereocenters. The van der Waals surface area contributed by atoms with Crippen molar-refractivity contribution in [3.05, 3.63) is 0 Å². The quantitative estimate of drug-likeness (QED) is 0.766. The van der Waals surface area contributed by atoms with Crippen molar-refractivity contribution in [1.82, 2.24) is 4.90 Å². The van der Waals surface area contributed by atoms with Gasteiger partial charge in [0.05, 0.1) is 5.88 Å². The van der Waals surface area contributed by atoms with Crippen molar-refractivity contribution in [1.29, 1.82) is 0 Å². The molecular formula is C7H7F4NO3S. The second kappa shape index (κ2) is 4.48. The van der Waals surface area contributed by atoms with Crippen LogP contribution < -0.4 is 0 Å². The Labute approximate surface area is 91.6 Å². The van der Waals surface area contributed by atoms with Crippen LogP contribution >= 0.6 is 11.8 Å². The molecule has 0 saturated carbocycles. The minimum atomic E-state index is -4.83. The Morgan fingerprint density at radius 2 is 2.00 bits per heavy atom. The highest BCUT2D eigenvalue weighted by molar-refractivity contribution is 7.99. The van der Waals surface area contributed by atoms with Crippen molar-refractivity contribution in [2.24, 2.45) is 0 Å². The topological polar surface area (TPSA) is 57.6 Å². The number of thioether (sulfide) groups is 1. The molecule has 0 aromatic heterocycles. The molecule has 1 rings (SSSR count). The van der Waals surface area contributed by atoms with Crippen LogP contribution in [0.2, 0.25) is 0 Å². The monoisotopic (exact) mass is 261 g/mol. The van der Waals surface area contributed by atoms with Gasteiger partial charge in [-0.1, -0.05) is 0 Å². The summed E-state index contributed by atoms with van der Waals surface area (Å²) in [6, 6.07) is -1.47. The average molecular weight is 261 g/mol. The minimum absolute atomic E-state index is 0.0829. The van der Waals surface area contributed by atoms with Crippen molar-refractivity contribution in [2.75, 3.05) is 11.6 Å². The summed E-state index contributed by atoms with van der Waals surface area (Å²) in [5, 5.41) is 8.60. The first-order chi connectivity index (χ1) is 7.28. The fourth-order valence-corrected chi connectivity index (χ4v) is 2.28. The standard InChI is InChI=1S/C7H7F4NO3S/c8-5(9)7(10,11)6(15)12-2-16-1-3(12)4(13)14/h3,5H,1-2H2,(H,13,14). The van der Waals surface area contributed by atoms with Crippen LogP contribution in [-0.4, -0.2) is 51.9 Å². The van der Waals surface area contributed by atoms with Gasteiger partial charge < -0.3 is 10.0 Å². The van der Waals surface area contributed by atoms with Gasteiger partial charge in [-0.25, -0.2) is 13.6 Å². The molecule has 0 aliphatic carbocycles. The second-order valence-corrected chi connectivity index (χ2v) is 4.05. The van der Waals surface area contributed by atoms with Gasteiger partial charge in [0.25, 0.3) is 0 Å². The number of carboxylic acid groups (broad SMARTS) is 1. The number of hydrogen-bond acceptors (Lipinski definition) is 3. The zero-order valence-corrected chi connectivity index (χ0v) is 8.52. The Morgan fingerprint density at radius 1 is 1.44 bits per heavy atom. The first-order valence-corrected chi connectivity index (χ1v) is 5.21. The molecule has 92 valence electrons. The number of carbonyl (C=O) groups is 2. The lowest BCUT2D eigenvalue weighted by Crippen LogP contribution is -2.52. The van der Waals surface area contributed by atoms with Crippen LogP contribution in [0.4, 0.5) is 17.6 Å². The van der Waals surface area contributed by atoms with Gasteiger partial charge in [0.15, 0.2) is 0 Å². The molecule has 1 amide bonds. The smallest absolute Gasteiger partial charge is 0.383 e. The highest BCUT2D eigenvalue weighted by Gasteiger charge is 2.54. The normalized spacial score (nSPS) is 21.6. The van der Waals surface area contributed by atoms with Crippen LogP contribution in [0.5, 0.6) is 0 Å². The Hall–Kier alpha value is -0.990. The molecule has 1 aliphatic rings. The first-order valence-electron chi connectivity index (χ1n) is 4.06. The third kappa shape index (κ3) is 2.23. The number of hydrogen-bond donors (Lipinski definition) is 1. The largest absolute Gasteiger partial charge is 0.480 e. The molecule has 4 nitrogen and oxygen atoms in total. The highest BCUT2D eigenvalue weighted by Crippen LogP contribution is 2.30. The van der Waals surface area contributed by atoms with E-state index in [4.69, 9.17) is 5.11 Å². The summed E-state index contributed by atoms with van der Waals surface area (Å²) >= 11 is 0.921. The van der Waals surface area contributed by atoms with Gasteiger partial charge >= 0.3 is 24.2 Å². The van der Waals surface area contributed by atoms with E-state index in [2.05, 4.69) is 0 Å². The van der Waals surface area contributed by atoms with E-state index in [1.807, 2.05) is 0 Å². The predicted molar refractivity (Wildman–Crippen MR) is 46.5 cm³/mol. The maximum Gasteiger partial charge on any atom is 0.383 e. The fourth-order valence-electron chi connectivity index (χ4n) is 1.13. The summed E-state index contributed by atoms with van der Waals surface area (Å²) in [7, 11) is 0. The van der Waals surface area contributed by atoms with Gasteiger partial charge in [-0.3, -0.25) is 4.79 Å². The number of aliphatic carboxylic acids is 1. The van der Waals surface area contributed by atoms with Crippen LogP contribution in [0.3, 0.4) is 0 Å². The van der Waals surface area contributed by atoms with E-state index in [9.17, 15) is 27.2 Å². The summed E-state index contributed by atoms with van der Waals surface area (Å²) < 4.78 is 49.2. The minimum Gasteiger partial charge on any atom is -0.480 e. The molecule has 1 heterocycles. The van der Waals surface area contributed by atoms with Crippen molar-refractivity contribution in [2.45, 2.75) is 18.4 Å². The van der Waals surface area contributed by atoms with Crippen LogP contribution in [0, 0.1) is 0 Å². The number of amides is 1. The summed E-state index contributed by atoms with van der Waals surface area (Å²) in [6.45, 7) is 0. The number of nitrogens with zero attached hydrogens (tertiary/aromatic N) is 1. The van der Waals surface area contributed by atoms with Crippen molar-refractivity contribution in [3.63, 3.8) is 0 Å². The van der Waals surface area contributed by atoms with Gasteiger partial charge in [-0.2, -0.15) is 8.78 Å². The van der Waals surface area contributed by atoms with Gasteiger partial charge in [0.2, 0.25) is 0 Å². The van der Waals surface area contributed by atoms with Crippen LogP contribution in [0.25, 0.3) is 0 Å². The molecule has 1 atom stereocenters. The van der Waals surface area contributed by atoms with E-state index in [-0.39, 0.29) is 16.5 Å². The molecule has 0 spiro atoms. The summed E-state index contributed by atoms with van der Waals surface area (Å²) in [5.74, 6) is -8.86. The van der Waals surface area contributed by atoms with E-state index < -0.39 is 30.3 Å². The summed E-state index contributed by atoms with van der Waals surface area (Å²) in [6.07, 6.45) is -4.14. The highest BCUT2D eigenvalue weighted by atomic mass is 32.2. The Bertz CT molecular complexity index is 312. The summed E-state index contributed by atoms with van der Waals surface area (Å²) in [4.78, 5) is 21.9. The van der Waals surface area contributed by atoms with E-state index in [0.29, 0.717) is 0 Å². The lowest BCUT2D eigenvalue weighted by molar-refractivity contribution is -0.183. The first kappa shape index (κ1) is 13.1. The molecule has 1 fully saturated rings. The van der Waals surface area contributed by atoms with E-state index in [1.54, 1.807) is 0 Å². The third-order valence-corrected chi connectivity index (χ3v) is 3.00. The third-order valence-electron chi connectivity index (χ3n) is 1.99. The Balaban J connectivity index is 2.85. The number of rotatable bonds is 3. The molecule has 0 radical (unpaired) electrons. The van der Waals surface area contributed by atoms with E-state index in [0.717, 1.165) is 11.8 Å². The molecular weight excluding hydrogens is 254 g/mol.